The minimum Gasteiger partial charge on any atom is -0.353 e. The van der Waals surface area contributed by atoms with Crippen LogP contribution in [0, 0.1) is 11.8 Å². The second kappa shape index (κ2) is 5.85. The Balaban J connectivity index is 1.79. The van der Waals surface area contributed by atoms with Crippen molar-refractivity contribution in [1.29, 1.82) is 0 Å². The molecule has 2 aliphatic rings. The number of hydrogen-bond acceptors (Lipinski definition) is 2. The van der Waals surface area contributed by atoms with Crippen LogP contribution in [0.15, 0.2) is 0 Å². The van der Waals surface area contributed by atoms with Crippen molar-refractivity contribution in [3.8, 4) is 0 Å². The predicted octanol–water partition coefficient (Wildman–Crippen LogP) is 2.07. The van der Waals surface area contributed by atoms with Crippen molar-refractivity contribution in [3.63, 3.8) is 0 Å². The fourth-order valence-corrected chi connectivity index (χ4v) is 3.29. The lowest BCUT2D eigenvalue weighted by molar-refractivity contribution is -0.127. The SMILES string of the molecule is CC1CC(C(=O)NC(C)C2CCCC2)CCN1. The normalized spacial score (nSPS) is 32.4. The fraction of sp³-hybridized carbons (Fsp3) is 0.929. The van der Waals surface area contributed by atoms with E-state index in [0.29, 0.717) is 12.1 Å². The minimum absolute atomic E-state index is 0.232. The second-order valence-electron chi connectivity index (χ2n) is 5.92. The third-order valence-electron chi connectivity index (χ3n) is 4.47. The smallest absolute Gasteiger partial charge is 0.223 e. The molecule has 2 rings (SSSR count). The summed E-state index contributed by atoms with van der Waals surface area (Å²) in [6, 6.07) is 0.858. The van der Waals surface area contributed by atoms with E-state index >= 15 is 0 Å². The molecule has 2 N–H and O–H groups in total. The van der Waals surface area contributed by atoms with E-state index in [2.05, 4.69) is 24.5 Å². The van der Waals surface area contributed by atoms with Crippen molar-refractivity contribution in [1.82, 2.24) is 10.6 Å². The van der Waals surface area contributed by atoms with E-state index in [1.165, 1.54) is 25.7 Å². The summed E-state index contributed by atoms with van der Waals surface area (Å²) in [7, 11) is 0. The average Bonchev–Trinajstić information content (AvgIpc) is 2.82. The average molecular weight is 238 g/mol. The summed E-state index contributed by atoms with van der Waals surface area (Å²) in [5.41, 5.74) is 0. The zero-order valence-corrected chi connectivity index (χ0v) is 11.2. The third-order valence-corrected chi connectivity index (χ3v) is 4.47. The van der Waals surface area contributed by atoms with E-state index in [1.807, 2.05) is 0 Å². The number of carbonyl (C=O) groups is 1. The predicted molar refractivity (Wildman–Crippen MR) is 69.8 cm³/mol. The minimum atomic E-state index is 0.232. The van der Waals surface area contributed by atoms with Crippen LogP contribution in [0.3, 0.4) is 0 Å². The van der Waals surface area contributed by atoms with E-state index in [1.54, 1.807) is 0 Å². The Labute approximate surface area is 105 Å². The zero-order valence-electron chi connectivity index (χ0n) is 11.2. The van der Waals surface area contributed by atoms with Gasteiger partial charge < -0.3 is 10.6 Å². The summed E-state index contributed by atoms with van der Waals surface area (Å²) >= 11 is 0. The van der Waals surface area contributed by atoms with Crippen LogP contribution in [0.2, 0.25) is 0 Å². The summed E-state index contributed by atoms with van der Waals surface area (Å²) in [5, 5.41) is 6.64. The molecule has 1 heterocycles. The molecule has 0 aromatic heterocycles. The highest BCUT2D eigenvalue weighted by Gasteiger charge is 2.28. The van der Waals surface area contributed by atoms with Gasteiger partial charge in [0.2, 0.25) is 5.91 Å². The lowest BCUT2D eigenvalue weighted by Gasteiger charge is -2.29. The van der Waals surface area contributed by atoms with Crippen molar-refractivity contribution < 1.29 is 4.79 Å². The molecule has 0 spiro atoms. The van der Waals surface area contributed by atoms with Gasteiger partial charge in [0.1, 0.15) is 0 Å². The number of piperidine rings is 1. The van der Waals surface area contributed by atoms with E-state index in [4.69, 9.17) is 0 Å². The maximum atomic E-state index is 12.2. The van der Waals surface area contributed by atoms with Gasteiger partial charge in [0.25, 0.3) is 0 Å². The summed E-state index contributed by atoms with van der Waals surface area (Å²) in [5.74, 6) is 1.24. The van der Waals surface area contributed by atoms with Crippen LogP contribution < -0.4 is 10.6 Å². The van der Waals surface area contributed by atoms with Crippen LogP contribution in [0.1, 0.15) is 52.4 Å². The van der Waals surface area contributed by atoms with Crippen LogP contribution in [0.4, 0.5) is 0 Å². The first kappa shape index (κ1) is 12.9. The van der Waals surface area contributed by atoms with Crippen molar-refractivity contribution in [2.24, 2.45) is 11.8 Å². The Bertz CT molecular complexity index is 261. The molecule has 98 valence electrons. The van der Waals surface area contributed by atoms with E-state index in [0.717, 1.165) is 25.3 Å². The van der Waals surface area contributed by atoms with Gasteiger partial charge in [-0.2, -0.15) is 0 Å². The molecule has 3 nitrogen and oxygen atoms in total. The highest BCUT2D eigenvalue weighted by molar-refractivity contribution is 5.79. The van der Waals surface area contributed by atoms with Gasteiger partial charge >= 0.3 is 0 Å². The summed E-state index contributed by atoms with van der Waals surface area (Å²) < 4.78 is 0. The van der Waals surface area contributed by atoms with E-state index in [-0.39, 0.29) is 11.8 Å². The molecule has 1 amide bonds. The van der Waals surface area contributed by atoms with Crippen molar-refractivity contribution in [2.75, 3.05) is 6.54 Å². The van der Waals surface area contributed by atoms with Gasteiger partial charge in [-0.05, 0) is 52.0 Å². The largest absolute Gasteiger partial charge is 0.353 e. The number of rotatable bonds is 3. The summed E-state index contributed by atoms with van der Waals surface area (Å²) in [4.78, 5) is 12.2. The van der Waals surface area contributed by atoms with Gasteiger partial charge in [-0.3, -0.25) is 4.79 Å². The Hall–Kier alpha value is -0.570. The molecule has 0 aromatic carbocycles. The van der Waals surface area contributed by atoms with Crippen LogP contribution >= 0.6 is 0 Å². The van der Waals surface area contributed by atoms with Crippen LogP contribution in [-0.2, 0) is 4.79 Å². The third kappa shape index (κ3) is 3.44. The van der Waals surface area contributed by atoms with Crippen molar-refractivity contribution >= 4 is 5.91 Å². The van der Waals surface area contributed by atoms with Crippen LogP contribution in [0.5, 0.6) is 0 Å². The molecule has 17 heavy (non-hydrogen) atoms. The standard InChI is InChI=1S/C14H26N2O/c1-10-9-13(7-8-15-10)14(17)16-11(2)12-5-3-4-6-12/h10-13,15H,3-9H2,1-2H3,(H,16,17). The lowest BCUT2D eigenvalue weighted by Crippen LogP contribution is -2.46. The number of hydrogen-bond donors (Lipinski definition) is 2. The first-order valence-corrected chi connectivity index (χ1v) is 7.20. The first-order valence-electron chi connectivity index (χ1n) is 7.20. The van der Waals surface area contributed by atoms with Gasteiger partial charge in [0.05, 0.1) is 0 Å². The molecule has 1 saturated carbocycles. The number of carbonyl (C=O) groups excluding carboxylic acids is 1. The Kier molecular flexibility index (Phi) is 4.43. The molecule has 0 radical (unpaired) electrons. The number of nitrogens with one attached hydrogen (secondary N) is 2. The van der Waals surface area contributed by atoms with E-state index < -0.39 is 0 Å². The highest BCUT2D eigenvalue weighted by Crippen LogP contribution is 2.28. The van der Waals surface area contributed by atoms with Gasteiger partial charge in [0, 0.05) is 18.0 Å². The maximum Gasteiger partial charge on any atom is 0.223 e. The summed E-state index contributed by atoms with van der Waals surface area (Å²) in [6.07, 6.45) is 7.26. The molecule has 1 aliphatic heterocycles. The van der Waals surface area contributed by atoms with Crippen molar-refractivity contribution in [3.05, 3.63) is 0 Å². The Morgan fingerprint density at radius 3 is 2.65 bits per heavy atom. The van der Waals surface area contributed by atoms with Gasteiger partial charge in [-0.15, -0.1) is 0 Å². The topological polar surface area (TPSA) is 41.1 Å². The molecule has 3 unspecified atom stereocenters. The summed E-state index contributed by atoms with van der Waals surface area (Å²) in [6.45, 7) is 5.33. The zero-order chi connectivity index (χ0) is 12.3. The van der Waals surface area contributed by atoms with Crippen LogP contribution in [0.25, 0.3) is 0 Å². The van der Waals surface area contributed by atoms with Gasteiger partial charge in [-0.25, -0.2) is 0 Å². The molecule has 0 bridgehead atoms. The monoisotopic (exact) mass is 238 g/mol. The highest BCUT2D eigenvalue weighted by atomic mass is 16.1. The molecule has 0 aromatic rings. The first-order chi connectivity index (χ1) is 8.16. The molecule has 2 fully saturated rings. The molecule has 1 saturated heterocycles. The van der Waals surface area contributed by atoms with Crippen molar-refractivity contribution in [2.45, 2.75) is 64.5 Å². The molecule has 3 atom stereocenters. The quantitative estimate of drug-likeness (QED) is 0.790. The van der Waals surface area contributed by atoms with Gasteiger partial charge in [-0.1, -0.05) is 12.8 Å². The molecular formula is C14H26N2O. The van der Waals surface area contributed by atoms with Gasteiger partial charge in [0.15, 0.2) is 0 Å². The number of amides is 1. The Morgan fingerprint density at radius 1 is 1.29 bits per heavy atom. The van der Waals surface area contributed by atoms with Crippen LogP contribution in [-0.4, -0.2) is 24.5 Å². The lowest BCUT2D eigenvalue weighted by atomic mass is 9.91. The Morgan fingerprint density at radius 2 is 2.00 bits per heavy atom. The molecule has 3 heteroatoms. The maximum absolute atomic E-state index is 12.2. The molecular weight excluding hydrogens is 212 g/mol. The molecule has 1 aliphatic carbocycles. The fourth-order valence-electron chi connectivity index (χ4n) is 3.29. The van der Waals surface area contributed by atoms with E-state index in [9.17, 15) is 4.79 Å². The second-order valence-corrected chi connectivity index (χ2v) is 5.92.